The zero-order chi connectivity index (χ0) is 13.8. The Morgan fingerprint density at radius 3 is 2.58 bits per heavy atom. The molecule has 2 aromatic rings. The molecule has 4 nitrogen and oxygen atoms in total. The molecule has 0 saturated heterocycles. The molecule has 0 amide bonds. The Labute approximate surface area is 115 Å². The van der Waals surface area contributed by atoms with Gasteiger partial charge in [-0.15, -0.1) is 0 Å². The van der Waals surface area contributed by atoms with Gasteiger partial charge in [-0.25, -0.2) is 0 Å². The number of carbonyl (C=O) groups is 1. The van der Waals surface area contributed by atoms with Crippen LogP contribution in [0.3, 0.4) is 0 Å². The SMILES string of the molecule is COc1cc(C(=O)c2cccnc2)cc(Cl)c1OC. The molecular weight excluding hydrogens is 266 g/mol. The van der Waals surface area contributed by atoms with E-state index in [1.54, 1.807) is 30.5 Å². The second kappa shape index (κ2) is 5.71. The third-order valence-electron chi connectivity index (χ3n) is 2.62. The van der Waals surface area contributed by atoms with Gasteiger partial charge in [0, 0.05) is 23.5 Å². The number of benzene rings is 1. The molecule has 98 valence electrons. The molecule has 19 heavy (non-hydrogen) atoms. The van der Waals surface area contributed by atoms with Gasteiger partial charge in [-0.05, 0) is 24.3 Å². The predicted octanol–water partition coefficient (Wildman–Crippen LogP) is 2.98. The van der Waals surface area contributed by atoms with Crippen LogP contribution in [0.4, 0.5) is 0 Å². The van der Waals surface area contributed by atoms with Gasteiger partial charge in [0.15, 0.2) is 17.3 Å². The molecule has 0 saturated carbocycles. The van der Waals surface area contributed by atoms with Crippen LogP contribution in [0.25, 0.3) is 0 Å². The highest BCUT2D eigenvalue weighted by molar-refractivity contribution is 6.33. The lowest BCUT2D eigenvalue weighted by Gasteiger charge is -2.11. The summed E-state index contributed by atoms with van der Waals surface area (Å²) in [5.41, 5.74) is 0.918. The Hall–Kier alpha value is -2.07. The summed E-state index contributed by atoms with van der Waals surface area (Å²) in [5.74, 6) is 0.657. The van der Waals surface area contributed by atoms with E-state index in [0.717, 1.165) is 0 Å². The molecule has 0 radical (unpaired) electrons. The first-order valence-corrected chi connectivity index (χ1v) is 5.91. The molecule has 0 atom stereocenters. The molecule has 1 aromatic carbocycles. The molecule has 0 aliphatic rings. The number of rotatable bonds is 4. The normalized spacial score (nSPS) is 10.1. The minimum absolute atomic E-state index is 0.170. The summed E-state index contributed by atoms with van der Waals surface area (Å²) in [7, 11) is 2.98. The van der Waals surface area contributed by atoms with Gasteiger partial charge in [0.05, 0.1) is 19.2 Å². The zero-order valence-corrected chi connectivity index (χ0v) is 11.3. The average Bonchev–Trinajstić information content (AvgIpc) is 2.46. The van der Waals surface area contributed by atoms with E-state index in [1.165, 1.54) is 20.4 Å². The van der Waals surface area contributed by atoms with Crippen LogP contribution in [0, 0.1) is 0 Å². The molecule has 0 unspecified atom stereocenters. The number of methoxy groups -OCH3 is 2. The molecule has 5 heteroatoms. The van der Waals surface area contributed by atoms with Gasteiger partial charge in [-0.2, -0.15) is 0 Å². The van der Waals surface area contributed by atoms with Crippen molar-refractivity contribution < 1.29 is 14.3 Å². The number of aromatic nitrogens is 1. The highest BCUT2D eigenvalue weighted by Crippen LogP contribution is 2.36. The number of nitrogens with zero attached hydrogens (tertiary/aromatic N) is 1. The van der Waals surface area contributed by atoms with Gasteiger partial charge < -0.3 is 9.47 Å². The highest BCUT2D eigenvalue weighted by Gasteiger charge is 2.16. The summed E-state index contributed by atoms with van der Waals surface area (Å²) in [5, 5.41) is 0.328. The Morgan fingerprint density at radius 1 is 1.21 bits per heavy atom. The van der Waals surface area contributed by atoms with Crippen LogP contribution in [0.15, 0.2) is 36.7 Å². The number of halogens is 1. The fraction of sp³-hybridized carbons (Fsp3) is 0.143. The van der Waals surface area contributed by atoms with Crippen molar-refractivity contribution in [3.05, 3.63) is 52.8 Å². The minimum Gasteiger partial charge on any atom is -0.493 e. The van der Waals surface area contributed by atoms with Gasteiger partial charge in [0.1, 0.15) is 0 Å². The Balaban J connectivity index is 2.47. The first-order valence-electron chi connectivity index (χ1n) is 5.53. The van der Waals surface area contributed by atoms with Crippen molar-refractivity contribution in [1.29, 1.82) is 0 Å². The second-order valence-corrected chi connectivity index (χ2v) is 4.17. The van der Waals surface area contributed by atoms with Crippen LogP contribution < -0.4 is 9.47 Å². The molecule has 0 aliphatic carbocycles. The Bertz CT molecular complexity index is 599. The van der Waals surface area contributed by atoms with Crippen LogP contribution in [-0.4, -0.2) is 25.0 Å². The molecule has 0 aliphatic heterocycles. The lowest BCUT2D eigenvalue weighted by Crippen LogP contribution is -2.03. The van der Waals surface area contributed by atoms with Crippen LogP contribution in [0.5, 0.6) is 11.5 Å². The van der Waals surface area contributed by atoms with Crippen molar-refractivity contribution in [2.24, 2.45) is 0 Å². The molecule has 1 aromatic heterocycles. The Morgan fingerprint density at radius 2 is 2.00 bits per heavy atom. The maximum absolute atomic E-state index is 12.3. The van der Waals surface area contributed by atoms with Gasteiger partial charge in [-0.1, -0.05) is 11.6 Å². The topological polar surface area (TPSA) is 48.4 Å². The maximum atomic E-state index is 12.3. The standard InChI is InChI=1S/C14H12ClNO3/c1-18-12-7-10(6-11(15)14(12)19-2)13(17)9-4-3-5-16-8-9/h3-8H,1-2H3. The molecule has 0 spiro atoms. The quantitative estimate of drug-likeness (QED) is 0.806. The number of ether oxygens (including phenoxy) is 2. The third kappa shape index (κ3) is 2.69. The molecule has 0 fully saturated rings. The molecule has 0 bridgehead atoms. The van der Waals surface area contributed by atoms with Crippen molar-refractivity contribution >= 4 is 17.4 Å². The van der Waals surface area contributed by atoms with E-state index < -0.39 is 0 Å². The maximum Gasteiger partial charge on any atom is 0.194 e. The van der Waals surface area contributed by atoms with Crippen LogP contribution in [-0.2, 0) is 0 Å². The first-order chi connectivity index (χ1) is 9.17. The van der Waals surface area contributed by atoms with E-state index in [2.05, 4.69) is 4.98 Å². The fourth-order valence-electron chi connectivity index (χ4n) is 1.71. The predicted molar refractivity (Wildman–Crippen MR) is 72.2 cm³/mol. The van der Waals surface area contributed by atoms with Crippen molar-refractivity contribution in [2.75, 3.05) is 14.2 Å². The number of pyridine rings is 1. The summed E-state index contributed by atoms with van der Waals surface area (Å²) in [6.07, 6.45) is 3.12. The smallest absolute Gasteiger partial charge is 0.194 e. The number of carbonyl (C=O) groups excluding carboxylic acids is 1. The van der Waals surface area contributed by atoms with E-state index >= 15 is 0 Å². The van der Waals surface area contributed by atoms with Crippen molar-refractivity contribution in [3.8, 4) is 11.5 Å². The first kappa shape index (κ1) is 13.4. The van der Waals surface area contributed by atoms with E-state index in [4.69, 9.17) is 21.1 Å². The zero-order valence-electron chi connectivity index (χ0n) is 10.5. The number of hydrogen-bond acceptors (Lipinski definition) is 4. The minimum atomic E-state index is -0.170. The van der Waals surface area contributed by atoms with Crippen molar-refractivity contribution in [2.45, 2.75) is 0 Å². The second-order valence-electron chi connectivity index (χ2n) is 3.76. The summed E-state index contributed by atoms with van der Waals surface area (Å²) in [6, 6.07) is 6.55. The summed E-state index contributed by atoms with van der Waals surface area (Å²) in [4.78, 5) is 16.2. The number of hydrogen-bond donors (Lipinski definition) is 0. The van der Waals surface area contributed by atoms with E-state index in [-0.39, 0.29) is 5.78 Å². The highest BCUT2D eigenvalue weighted by atomic mass is 35.5. The average molecular weight is 278 g/mol. The molecule has 0 N–H and O–H groups in total. The largest absolute Gasteiger partial charge is 0.493 e. The van der Waals surface area contributed by atoms with Crippen molar-refractivity contribution in [3.63, 3.8) is 0 Å². The lowest BCUT2D eigenvalue weighted by atomic mass is 10.0. The van der Waals surface area contributed by atoms with Gasteiger partial charge in [0.25, 0.3) is 0 Å². The van der Waals surface area contributed by atoms with Crippen LogP contribution in [0.2, 0.25) is 5.02 Å². The van der Waals surface area contributed by atoms with Gasteiger partial charge in [-0.3, -0.25) is 9.78 Å². The lowest BCUT2D eigenvalue weighted by molar-refractivity contribution is 0.103. The fourth-order valence-corrected chi connectivity index (χ4v) is 2.00. The van der Waals surface area contributed by atoms with Crippen LogP contribution in [0.1, 0.15) is 15.9 Å². The third-order valence-corrected chi connectivity index (χ3v) is 2.90. The molecule has 2 rings (SSSR count). The summed E-state index contributed by atoms with van der Waals surface area (Å²) < 4.78 is 10.3. The number of ketones is 1. The van der Waals surface area contributed by atoms with Gasteiger partial charge >= 0.3 is 0 Å². The summed E-state index contributed by atoms with van der Waals surface area (Å²) >= 11 is 6.07. The van der Waals surface area contributed by atoms with Gasteiger partial charge in [0.2, 0.25) is 0 Å². The van der Waals surface area contributed by atoms with E-state index in [9.17, 15) is 4.79 Å². The Kier molecular flexibility index (Phi) is 4.02. The molecular formula is C14H12ClNO3. The van der Waals surface area contributed by atoms with E-state index in [0.29, 0.717) is 27.6 Å². The van der Waals surface area contributed by atoms with E-state index in [1.807, 2.05) is 0 Å². The molecule has 1 heterocycles. The van der Waals surface area contributed by atoms with Crippen LogP contribution >= 0.6 is 11.6 Å². The summed E-state index contributed by atoms with van der Waals surface area (Å²) in [6.45, 7) is 0. The van der Waals surface area contributed by atoms with Crippen molar-refractivity contribution in [1.82, 2.24) is 4.98 Å². The monoisotopic (exact) mass is 277 g/mol.